The van der Waals surface area contributed by atoms with Gasteiger partial charge in [-0.3, -0.25) is 24.6 Å². The number of aryl methyl sites for hydroxylation is 2. The molecule has 0 spiro atoms. The number of hydrogen-bond acceptors (Lipinski definition) is 10. The van der Waals surface area contributed by atoms with Gasteiger partial charge < -0.3 is 0 Å². The molecule has 6 aromatic rings. The summed E-state index contributed by atoms with van der Waals surface area (Å²) < 4.78 is 42.5. The van der Waals surface area contributed by atoms with Crippen molar-refractivity contribution in [2.24, 2.45) is 5.10 Å². The van der Waals surface area contributed by atoms with E-state index in [9.17, 15) is 22.8 Å². The van der Waals surface area contributed by atoms with Crippen LogP contribution in [-0.4, -0.2) is 41.9 Å². The standard InChI is InChI=1S/C22H17F3N6O.C18H15N3O/c23-22(24,25)15-9-14(13-3-2-8-26-12-13)10-16(11-15)31-29-21(28-30-31)19-7-6-17-18(27-19)4-1-5-20(17)32;22-17-8-4-7-15-14(17)9-10-18(20-15)21-11-16(19-12-21)13-5-2-1-3-6-13/h2-3,6-12,30H,1,4-5H2,(H,28,29);1-3,5-6,9-12H,4,7-8H2. The molecule has 5 heterocycles. The maximum atomic E-state index is 13.5. The summed E-state index contributed by atoms with van der Waals surface area (Å²) in [6.07, 6.45) is 6.62. The van der Waals surface area contributed by atoms with Crippen molar-refractivity contribution >= 4 is 23.1 Å². The summed E-state index contributed by atoms with van der Waals surface area (Å²) in [6, 6.07) is 24.3. The SMILES string of the molecule is O=C1CCCc2nc(-n3cnc(-c4ccccc4)c3)ccc21.O=C1CCCc2nc(C3=NNN(c4cc(-c5cccnc5)cc(C(F)(F)F)c4)N3)ccc21. The Balaban J connectivity index is 0.000000164. The Morgan fingerprint density at radius 2 is 1.43 bits per heavy atom. The van der Waals surface area contributed by atoms with Crippen LogP contribution in [0.2, 0.25) is 0 Å². The Labute approximate surface area is 307 Å². The number of carbonyl (C=O) groups is 2. The predicted octanol–water partition coefficient (Wildman–Crippen LogP) is 7.33. The van der Waals surface area contributed by atoms with Crippen molar-refractivity contribution in [3.8, 4) is 28.2 Å². The lowest BCUT2D eigenvalue weighted by Gasteiger charge is -2.21. The second-order valence-electron chi connectivity index (χ2n) is 13.0. The zero-order chi connectivity index (χ0) is 37.2. The monoisotopic (exact) mass is 727 g/mol. The second kappa shape index (κ2) is 14.4. The van der Waals surface area contributed by atoms with Gasteiger partial charge in [0.2, 0.25) is 0 Å². The van der Waals surface area contributed by atoms with E-state index in [2.05, 4.69) is 36.0 Å². The highest BCUT2D eigenvalue weighted by Crippen LogP contribution is 2.36. The van der Waals surface area contributed by atoms with Crippen LogP contribution in [0.25, 0.3) is 28.2 Å². The number of ketones is 2. The molecular formula is C40H32F3N9O2. The van der Waals surface area contributed by atoms with E-state index in [0.29, 0.717) is 53.2 Å². The third-order valence-electron chi connectivity index (χ3n) is 9.31. The number of benzene rings is 2. The molecular weight excluding hydrogens is 695 g/mol. The number of carbonyl (C=O) groups excluding carboxylic acids is 2. The number of halogens is 3. The number of nitrogens with zero attached hydrogens (tertiary/aromatic N) is 7. The molecule has 0 atom stereocenters. The van der Waals surface area contributed by atoms with E-state index < -0.39 is 11.7 Å². The van der Waals surface area contributed by atoms with Crippen molar-refractivity contribution in [1.82, 2.24) is 35.5 Å². The van der Waals surface area contributed by atoms with Crippen molar-refractivity contribution in [3.63, 3.8) is 0 Å². The number of pyridine rings is 3. The smallest absolute Gasteiger partial charge is 0.294 e. The number of anilines is 1. The minimum atomic E-state index is -4.52. The van der Waals surface area contributed by atoms with Crippen LogP contribution in [0.15, 0.2) is 115 Å². The van der Waals surface area contributed by atoms with Gasteiger partial charge in [-0.15, -0.1) is 5.10 Å². The van der Waals surface area contributed by atoms with E-state index in [1.54, 1.807) is 42.9 Å². The number of rotatable bonds is 5. The molecule has 270 valence electrons. The summed E-state index contributed by atoms with van der Waals surface area (Å²) in [6.45, 7) is 0. The molecule has 3 aliphatic rings. The van der Waals surface area contributed by atoms with E-state index in [1.165, 1.54) is 11.3 Å². The number of Topliss-reactive ketones (excluding diaryl/α,β-unsaturated/α-hetero) is 2. The largest absolute Gasteiger partial charge is 0.416 e. The number of hydrogen-bond donors (Lipinski definition) is 2. The summed E-state index contributed by atoms with van der Waals surface area (Å²) in [5.74, 6) is 1.42. The molecule has 0 fully saturated rings. The zero-order valence-corrected chi connectivity index (χ0v) is 28.7. The van der Waals surface area contributed by atoms with Crippen molar-refractivity contribution in [2.45, 2.75) is 44.7 Å². The fourth-order valence-electron chi connectivity index (χ4n) is 6.56. The van der Waals surface area contributed by atoms with Crippen LogP contribution in [0.4, 0.5) is 18.9 Å². The number of imidazole rings is 1. The number of nitrogens with one attached hydrogen (secondary N) is 2. The van der Waals surface area contributed by atoms with Gasteiger partial charge in [-0.1, -0.05) is 36.4 Å². The van der Waals surface area contributed by atoms with Gasteiger partial charge in [-0.25, -0.2) is 15.0 Å². The highest BCUT2D eigenvalue weighted by Gasteiger charge is 2.33. The maximum absolute atomic E-state index is 13.5. The van der Waals surface area contributed by atoms with Crippen LogP contribution < -0.4 is 16.1 Å². The molecule has 54 heavy (non-hydrogen) atoms. The van der Waals surface area contributed by atoms with Crippen molar-refractivity contribution < 1.29 is 22.8 Å². The van der Waals surface area contributed by atoms with Crippen LogP contribution in [-0.2, 0) is 19.0 Å². The predicted molar refractivity (Wildman–Crippen MR) is 196 cm³/mol. The average Bonchev–Trinajstić information content (AvgIpc) is 3.90. The first-order valence-electron chi connectivity index (χ1n) is 17.4. The van der Waals surface area contributed by atoms with E-state index in [4.69, 9.17) is 0 Å². The fourth-order valence-corrected chi connectivity index (χ4v) is 6.56. The molecule has 11 nitrogen and oxygen atoms in total. The Morgan fingerprint density at radius 3 is 2.15 bits per heavy atom. The summed E-state index contributed by atoms with van der Waals surface area (Å²) in [5.41, 5.74) is 11.5. The molecule has 0 radical (unpaired) electrons. The Kier molecular flexibility index (Phi) is 9.15. The van der Waals surface area contributed by atoms with Crippen LogP contribution in [0.5, 0.6) is 0 Å². The molecule has 9 rings (SSSR count). The minimum absolute atomic E-state index is 0.0678. The van der Waals surface area contributed by atoms with Crippen LogP contribution in [0.3, 0.4) is 0 Å². The second-order valence-corrected chi connectivity index (χ2v) is 13.0. The van der Waals surface area contributed by atoms with Crippen LogP contribution in [0.1, 0.15) is 69.0 Å². The average molecular weight is 728 g/mol. The first kappa shape index (κ1) is 34.4. The zero-order valence-electron chi connectivity index (χ0n) is 28.7. The summed E-state index contributed by atoms with van der Waals surface area (Å²) in [4.78, 5) is 41.5. The topological polar surface area (TPSA) is 130 Å². The molecule has 0 amide bonds. The summed E-state index contributed by atoms with van der Waals surface area (Å²) in [7, 11) is 0. The van der Waals surface area contributed by atoms with Gasteiger partial charge in [0.15, 0.2) is 17.4 Å². The lowest BCUT2D eigenvalue weighted by molar-refractivity contribution is -0.137. The minimum Gasteiger partial charge on any atom is -0.294 e. The normalized spacial score (nSPS) is 14.9. The number of aromatic nitrogens is 5. The number of fused-ring (bicyclic) bond motifs is 2. The number of alkyl halides is 3. The van der Waals surface area contributed by atoms with Crippen LogP contribution in [0, 0.1) is 0 Å². The molecule has 0 saturated carbocycles. The van der Waals surface area contributed by atoms with Gasteiger partial charge in [-0.2, -0.15) is 23.8 Å². The molecule has 2 aliphatic carbocycles. The van der Waals surface area contributed by atoms with E-state index in [1.807, 2.05) is 53.2 Å². The van der Waals surface area contributed by atoms with E-state index in [0.717, 1.165) is 59.7 Å². The Hall–Kier alpha value is -6.70. The summed E-state index contributed by atoms with van der Waals surface area (Å²) in [5, 5.41) is 5.45. The van der Waals surface area contributed by atoms with Gasteiger partial charge >= 0.3 is 6.18 Å². The van der Waals surface area contributed by atoms with Gasteiger partial charge in [0.1, 0.15) is 17.8 Å². The van der Waals surface area contributed by atoms with Crippen molar-refractivity contribution in [1.29, 1.82) is 0 Å². The van der Waals surface area contributed by atoms with Crippen LogP contribution >= 0.6 is 0 Å². The van der Waals surface area contributed by atoms with Gasteiger partial charge in [-0.05, 0) is 79.8 Å². The van der Waals surface area contributed by atoms with Gasteiger partial charge in [0, 0.05) is 53.7 Å². The highest BCUT2D eigenvalue weighted by molar-refractivity contribution is 6.02. The molecule has 0 bridgehead atoms. The lowest BCUT2D eigenvalue weighted by Crippen LogP contribution is -2.42. The first-order chi connectivity index (χ1) is 26.2. The van der Waals surface area contributed by atoms with Gasteiger partial charge in [0.25, 0.3) is 0 Å². The third kappa shape index (κ3) is 7.18. The maximum Gasteiger partial charge on any atom is 0.416 e. The first-order valence-corrected chi connectivity index (χ1v) is 17.4. The molecule has 2 aromatic carbocycles. The Morgan fingerprint density at radius 1 is 0.704 bits per heavy atom. The quantitative estimate of drug-likeness (QED) is 0.188. The number of amidine groups is 1. The van der Waals surface area contributed by atoms with Crippen molar-refractivity contribution in [3.05, 3.63) is 144 Å². The molecule has 2 N–H and O–H groups in total. The third-order valence-corrected chi connectivity index (χ3v) is 9.31. The molecule has 1 aliphatic heterocycles. The van der Waals surface area contributed by atoms with E-state index >= 15 is 0 Å². The van der Waals surface area contributed by atoms with Gasteiger partial charge in [0.05, 0.1) is 28.3 Å². The molecule has 4 aromatic heterocycles. The highest BCUT2D eigenvalue weighted by atomic mass is 19.4. The fraction of sp³-hybridized carbons (Fsp3) is 0.175. The lowest BCUT2D eigenvalue weighted by atomic mass is 9.94. The molecule has 0 unspecified atom stereocenters. The van der Waals surface area contributed by atoms with E-state index in [-0.39, 0.29) is 17.3 Å². The van der Waals surface area contributed by atoms with Crippen molar-refractivity contribution in [2.75, 3.05) is 5.12 Å². The number of hydrazone groups is 1. The molecule has 14 heteroatoms. The molecule has 0 saturated heterocycles. The Bertz CT molecular complexity index is 2400. The summed E-state index contributed by atoms with van der Waals surface area (Å²) >= 11 is 0. The number of hydrazine groups is 2.